The number of aliphatic imine (C=N–C) groups is 1. The smallest absolute Gasteiger partial charge is 0.251 e. The van der Waals surface area contributed by atoms with Crippen LogP contribution in [0.5, 0.6) is 0 Å². The maximum absolute atomic E-state index is 11.8. The van der Waals surface area contributed by atoms with E-state index in [0.717, 1.165) is 18.1 Å². The largest absolute Gasteiger partial charge is 0.356 e. The van der Waals surface area contributed by atoms with Crippen LogP contribution in [0, 0.1) is 5.92 Å². The zero-order chi connectivity index (χ0) is 15.7. The lowest BCUT2D eigenvalue weighted by molar-refractivity contribution is 0.0955. The third kappa shape index (κ3) is 6.29. The van der Waals surface area contributed by atoms with Gasteiger partial charge < -0.3 is 16.0 Å². The predicted octanol–water partition coefficient (Wildman–Crippen LogP) is 1.76. The Hall–Kier alpha value is -2.04. The molecule has 0 saturated heterocycles. The van der Waals surface area contributed by atoms with E-state index >= 15 is 0 Å². The first-order chi connectivity index (χ1) is 10.1. The lowest BCUT2D eigenvalue weighted by Gasteiger charge is -2.13. The molecule has 0 fully saturated rings. The fourth-order valence-electron chi connectivity index (χ4n) is 1.79. The molecule has 3 N–H and O–H groups in total. The van der Waals surface area contributed by atoms with Crippen molar-refractivity contribution in [1.29, 1.82) is 0 Å². The topological polar surface area (TPSA) is 65.5 Å². The Morgan fingerprint density at radius 1 is 1.24 bits per heavy atom. The molecule has 1 amide bonds. The summed E-state index contributed by atoms with van der Waals surface area (Å²) in [6.07, 6.45) is 0. The van der Waals surface area contributed by atoms with Crippen molar-refractivity contribution in [2.75, 3.05) is 20.1 Å². The second-order valence-electron chi connectivity index (χ2n) is 5.26. The SMILES string of the molecule is CCNC(=O)c1cccc(CNC(=NC)NCC(C)C)c1. The summed E-state index contributed by atoms with van der Waals surface area (Å²) < 4.78 is 0. The number of nitrogens with one attached hydrogen (secondary N) is 3. The van der Waals surface area contributed by atoms with Crippen molar-refractivity contribution in [3.63, 3.8) is 0 Å². The van der Waals surface area contributed by atoms with Gasteiger partial charge in [-0.15, -0.1) is 0 Å². The van der Waals surface area contributed by atoms with Crippen LogP contribution >= 0.6 is 0 Å². The molecule has 0 heterocycles. The molecule has 0 aliphatic carbocycles. The minimum Gasteiger partial charge on any atom is -0.356 e. The highest BCUT2D eigenvalue weighted by Crippen LogP contribution is 2.05. The van der Waals surface area contributed by atoms with Crippen molar-refractivity contribution in [3.05, 3.63) is 35.4 Å². The van der Waals surface area contributed by atoms with Crippen LogP contribution < -0.4 is 16.0 Å². The van der Waals surface area contributed by atoms with Crippen molar-refractivity contribution in [3.8, 4) is 0 Å². The molecule has 0 unspecified atom stereocenters. The van der Waals surface area contributed by atoms with Crippen LogP contribution in [0.2, 0.25) is 0 Å². The summed E-state index contributed by atoms with van der Waals surface area (Å²) in [5.41, 5.74) is 1.73. The van der Waals surface area contributed by atoms with E-state index in [1.807, 2.05) is 31.2 Å². The Morgan fingerprint density at radius 2 is 2.00 bits per heavy atom. The van der Waals surface area contributed by atoms with E-state index in [-0.39, 0.29) is 5.91 Å². The van der Waals surface area contributed by atoms with Gasteiger partial charge in [0.05, 0.1) is 0 Å². The van der Waals surface area contributed by atoms with Crippen LogP contribution in [0.1, 0.15) is 36.7 Å². The molecule has 0 bridgehead atoms. The highest BCUT2D eigenvalue weighted by Gasteiger charge is 2.05. The molecule has 1 aromatic carbocycles. The first-order valence-electron chi connectivity index (χ1n) is 7.38. The molecule has 0 spiro atoms. The molecule has 21 heavy (non-hydrogen) atoms. The average Bonchev–Trinajstić information content (AvgIpc) is 2.47. The lowest BCUT2D eigenvalue weighted by Crippen LogP contribution is -2.38. The number of hydrogen-bond donors (Lipinski definition) is 3. The van der Waals surface area contributed by atoms with Crippen molar-refractivity contribution in [2.24, 2.45) is 10.9 Å². The summed E-state index contributed by atoms with van der Waals surface area (Å²) >= 11 is 0. The molecule has 1 rings (SSSR count). The fraction of sp³-hybridized carbons (Fsp3) is 0.500. The number of amides is 1. The van der Waals surface area contributed by atoms with Gasteiger partial charge in [-0.1, -0.05) is 26.0 Å². The second-order valence-corrected chi connectivity index (χ2v) is 5.26. The normalized spacial score (nSPS) is 11.4. The van der Waals surface area contributed by atoms with E-state index in [4.69, 9.17) is 0 Å². The van der Waals surface area contributed by atoms with E-state index in [0.29, 0.717) is 24.6 Å². The first kappa shape index (κ1) is 17.0. The van der Waals surface area contributed by atoms with Gasteiger partial charge in [0, 0.05) is 32.2 Å². The highest BCUT2D eigenvalue weighted by atomic mass is 16.1. The summed E-state index contributed by atoms with van der Waals surface area (Å²) in [5, 5.41) is 9.31. The van der Waals surface area contributed by atoms with Gasteiger partial charge in [0.15, 0.2) is 5.96 Å². The number of hydrogen-bond acceptors (Lipinski definition) is 2. The Morgan fingerprint density at radius 3 is 2.62 bits per heavy atom. The van der Waals surface area contributed by atoms with E-state index in [1.165, 1.54) is 0 Å². The standard InChI is InChI=1S/C16H26N4O/c1-5-18-15(21)14-8-6-7-13(9-14)11-20-16(17-4)19-10-12(2)3/h6-9,12H,5,10-11H2,1-4H3,(H,18,21)(H2,17,19,20). The van der Waals surface area contributed by atoms with Crippen LogP contribution in [-0.4, -0.2) is 32.0 Å². The van der Waals surface area contributed by atoms with Crippen molar-refractivity contribution in [1.82, 2.24) is 16.0 Å². The summed E-state index contributed by atoms with van der Waals surface area (Å²) in [6.45, 7) is 8.34. The van der Waals surface area contributed by atoms with E-state index in [2.05, 4.69) is 34.8 Å². The fourth-order valence-corrected chi connectivity index (χ4v) is 1.79. The van der Waals surface area contributed by atoms with Crippen LogP contribution in [-0.2, 0) is 6.54 Å². The molecular weight excluding hydrogens is 264 g/mol. The number of nitrogens with zero attached hydrogens (tertiary/aromatic N) is 1. The summed E-state index contributed by atoms with van der Waals surface area (Å²) in [7, 11) is 1.75. The number of rotatable bonds is 6. The molecule has 116 valence electrons. The third-order valence-electron chi connectivity index (χ3n) is 2.89. The van der Waals surface area contributed by atoms with Gasteiger partial charge in [0.25, 0.3) is 5.91 Å². The van der Waals surface area contributed by atoms with Crippen LogP contribution in [0.25, 0.3) is 0 Å². The first-order valence-corrected chi connectivity index (χ1v) is 7.38. The van der Waals surface area contributed by atoms with Gasteiger partial charge >= 0.3 is 0 Å². The van der Waals surface area contributed by atoms with Gasteiger partial charge in [-0.25, -0.2) is 0 Å². The molecule has 0 saturated carbocycles. The van der Waals surface area contributed by atoms with Crippen LogP contribution in [0.4, 0.5) is 0 Å². The maximum Gasteiger partial charge on any atom is 0.251 e. The summed E-state index contributed by atoms with van der Waals surface area (Å²) in [6, 6.07) is 7.60. The molecular formula is C16H26N4O. The molecule has 1 aromatic rings. The molecule has 0 atom stereocenters. The minimum atomic E-state index is -0.0401. The number of carbonyl (C=O) groups is 1. The molecule has 0 aliphatic heterocycles. The summed E-state index contributed by atoms with van der Waals surface area (Å²) in [4.78, 5) is 16.0. The van der Waals surface area contributed by atoms with Gasteiger partial charge in [-0.2, -0.15) is 0 Å². The number of guanidine groups is 1. The van der Waals surface area contributed by atoms with Gasteiger partial charge in [0.1, 0.15) is 0 Å². The van der Waals surface area contributed by atoms with E-state index in [1.54, 1.807) is 7.05 Å². The van der Waals surface area contributed by atoms with Crippen LogP contribution in [0.3, 0.4) is 0 Å². The third-order valence-corrected chi connectivity index (χ3v) is 2.89. The number of carbonyl (C=O) groups excluding carboxylic acids is 1. The molecule has 0 aliphatic rings. The Bertz CT molecular complexity index is 483. The Kier molecular flexibility index (Phi) is 7.29. The highest BCUT2D eigenvalue weighted by molar-refractivity contribution is 5.94. The zero-order valence-corrected chi connectivity index (χ0v) is 13.4. The minimum absolute atomic E-state index is 0.0401. The lowest BCUT2D eigenvalue weighted by atomic mass is 10.1. The van der Waals surface area contributed by atoms with Crippen molar-refractivity contribution < 1.29 is 4.79 Å². The predicted molar refractivity (Wildman–Crippen MR) is 87.5 cm³/mol. The Balaban J connectivity index is 2.58. The van der Waals surface area contributed by atoms with Crippen LogP contribution in [0.15, 0.2) is 29.3 Å². The van der Waals surface area contributed by atoms with Gasteiger partial charge in [-0.3, -0.25) is 9.79 Å². The number of benzene rings is 1. The second kappa shape index (κ2) is 9.00. The molecule has 0 radical (unpaired) electrons. The zero-order valence-electron chi connectivity index (χ0n) is 13.4. The summed E-state index contributed by atoms with van der Waals surface area (Å²) in [5.74, 6) is 1.29. The van der Waals surface area contributed by atoms with E-state index in [9.17, 15) is 4.79 Å². The van der Waals surface area contributed by atoms with Crippen molar-refractivity contribution in [2.45, 2.75) is 27.3 Å². The molecule has 5 heteroatoms. The van der Waals surface area contributed by atoms with Gasteiger partial charge in [0.2, 0.25) is 0 Å². The average molecular weight is 290 g/mol. The van der Waals surface area contributed by atoms with Gasteiger partial charge in [-0.05, 0) is 30.5 Å². The molecule has 5 nitrogen and oxygen atoms in total. The Labute approximate surface area is 127 Å². The monoisotopic (exact) mass is 290 g/mol. The molecule has 0 aromatic heterocycles. The van der Waals surface area contributed by atoms with E-state index < -0.39 is 0 Å². The maximum atomic E-state index is 11.8. The quantitative estimate of drug-likeness (QED) is 0.552. The van der Waals surface area contributed by atoms with Crippen molar-refractivity contribution >= 4 is 11.9 Å².